The number of hydrogen-bond acceptors (Lipinski definition) is 6. The van der Waals surface area contributed by atoms with Crippen LogP contribution >= 0.6 is 11.3 Å². The number of thiazole rings is 1. The van der Waals surface area contributed by atoms with Gasteiger partial charge in [0.05, 0.1) is 12.8 Å². The van der Waals surface area contributed by atoms with Crippen LogP contribution in [0, 0.1) is 0 Å². The lowest BCUT2D eigenvalue weighted by atomic mass is 10.2. The van der Waals surface area contributed by atoms with Gasteiger partial charge in [0, 0.05) is 49.9 Å². The van der Waals surface area contributed by atoms with E-state index in [0.717, 1.165) is 42.8 Å². The van der Waals surface area contributed by atoms with E-state index in [2.05, 4.69) is 26.9 Å². The Morgan fingerprint density at radius 2 is 2.00 bits per heavy atom. The first-order chi connectivity index (χ1) is 10.3. The van der Waals surface area contributed by atoms with E-state index in [1.165, 1.54) is 5.69 Å². The lowest BCUT2D eigenvalue weighted by molar-refractivity contribution is 0.414. The van der Waals surface area contributed by atoms with Gasteiger partial charge in [-0.3, -0.25) is 0 Å². The van der Waals surface area contributed by atoms with Crippen LogP contribution in [0.2, 0.25) is 0 Å². The van der Waals surface area contributed by atoms with Crippen LogP contribution in [0.5, 0.6) is 5.75 Å². The van der Waals surface area contributed by atoms with E-state index >= 15 is 0 Å². The molecule has 112 valence electrons. The molecule has 0 spiro atoms. The molecule has 0 aliphatic carbocycles. The highest BCUT2D eigenvalue weighted by atomic mass is 32.1. The Morgan fingerprint density at radius 1 is 1.24 bits per heavy atom. The van der Waals surface area contributed by atoms with Gasteiger partial charge in [-0.05, 0) is 12.1 Å². The molecule has 0 atom stereocenters. The van der Waals surface area contributed by atoms with Crippen LogP contribution in [0.25, 0.3) is 0 Å². The van der Waals surface area contributed by atoms with Crippen molar-refractivity contribution in [1.82, 2.24) is 4.98 Å². The van der Waals surface area contributed by atoms with Crippen LogP contribution in [0.3, 0.4) is 0 Å². The lowest BCUT2D eigenvalue weighted by Gasteiger charge is -2.36. The summed E-state index contributed by atoms with van der Waals surface area (Å²) in [5.74, 6) is 0.905. The van der Waals surface area contributed by atoms with Crippen LogP contribution in [-0.4, -0.2) is 38.3 Å². The van der Waals surface area contributed by atoms with E-state index < -0.39 is 0 Å². The standard InChI is InChI=1S/C15H20N4OS/c1-20-14-4-2-3-13(9-14)18-5-7-19(8-6-18)15-17-12(10-16)11-21-15/h2-4,9,11H,5-8,10,16H2,1H3. The number of aromatic nitrogens is 1. The van der Waals surface area contributed by atoms with Crippen molar-refractivity contribution < 1.29 is 4.74 Å². The van der Waals surface area contributed by atoms with E-state index in [0.29, 0.717) is 6.54 Å². The monoisotopic (exact) mass is 304 g/mol. The molecule has 5 nitrogen and oxygen atoms in total. The van der Waals surface area contributed by atoms with Crippen LogP contribution in [0.4, 0.5) is 10.8 Å². The lowest BCUT2D eigenvalue weighted by Crippen LogP contribution is -2.46. The molecule has 1 fully saturated rings. The van der Waals surface area contributed by atoms with E-state index in [4.69, 9.17) is 10.5 Å². The quantitative estimate of drug-likeness (QED) is 0.935. The maximum atomic E-state index is 5.62. The van der Waals surface area contributed by atoms with Crippen molar-refractivity contribution >= 4 is 22.2 Å². The van der Waals surface area contributed by atoms with Gasteiger partial charge in [0.15, 0.2) is 5.13 Å². The fraction of sp³-hybridized carbons (Fsp3) is 0.400. The number of hydrogen-bond donors (Lipinski definition) is 1. The number of piperazine rings is 1. The number of nitrogens with zero attached hydrogens (tertiary/aromatic N) is 3. The summed E-state index contributed by atoms with van der Waals surface area (Å²) in [6, 6.07) is 8.23. The fourth-order valence-corrected chi connectivity index (χ4v) is 3.39. The van der Waals surface area contributed by atoms with Crippen LogP contribution in [0.1, 0.15) is 5.69 Å². The highest BCUT2D eigenvalue weighted by molar-refractivity contribution is 7.13. The van der Waals surface area contributed by atoms with E-state index in [1.54, 1.807) is 18.4 Å². The number of anilines is 2. The molecule has 3 rings (SSSR count). The zero-order chi connectivity index (χ0) is 14.7. The molecule has 1 aliphatic rings. The van der Waals surface area contributed by atoms with Gasteiger partial charge in [-0.1, -0.05) is 6.07 Å². The minimum atomic E-state index is 0.514. The smallest absolute Gasteiger partial charge is 0.185 e. The Morgan fingerprint density at radius 3 is 2.67 bits per heavy atom. The van der Waals surface area contributed by atoms with E-state index in [1.807, 2.05) is 17.5 Å². The summed E-state index contributed by atoms with van der Waals surface area (Å²) < 4.78 is 5.29. The molecule has 0 amide bonds. The third-order valence-electron chi connectivity index (χ3n) is 3.72. The second kappa shape index (κ2) is 6.32. The van der Waals surface area contributed by atoms with E-state index in [-0.39, 0.29) is 0 Å². The summed E-state index contributed by atoms with van der Waals surface area (Å²) in [4.78, 5) is 9.28. The van der Waals surface area contributed by atoms with Gasteiger partial charge >= 0.3 is 0 Å². The topological polar surface area (TPSA) is 54.6 Å². The molecule has 1 aromatic carbocycles. The number of methoxy groups -OCH3 is 1. The SMILES string of the molecule is COc1cccc(N2CCN(c3nc(CN)cs3)CC2)c1. The van der Waals surface area contributed by atoms with Crippen molar-refractivity contribution in [3.63, 3.8) is 0 Å². The fourth-order valence-electron chi connectivity index (χ4n) is 2.50. The average Bonchev–Trinajstić information content (AvgIpc) is 3.04. The molecule has 0 saturated carbocycles. The van der Waals surface area contributed by atoms with Crippen molar-refractivity contribution in [2.75, 3.05) is 43.1 Å². The van der Waals surface area contributed by atoms with Crippen molar-refractivity contribution in [3.05, 3.63) is 35.3 Å². The van der Waals surface area contributed by atoms with Crippen molar-refractivity contribution in [3.8, 4) is 5.75 Å². The Labute approximate surface area is 129 Å². The van der Waals surface area contributed by atoms with Crippen LogP contribution < -0.4 is 20.3 Å². The van der Waals surface area contributed by atoms with Crippen molar-refractivity contribution in [1.29, 1.82) is 0 Å². The molecule has 1 aromatic heterocycles. The third kappa shape index (κ3) is 3.11. The Balaban J connectivity index is 1.64. The predicted molar refractivity (Wildman–Crippen MR) is 87.4 cm³/mol. The summed E-state index contributed by atoms with van der Waals surface area (Å²) in [6.45, 7) is 4.46. The van der Waals surface area contributed by atoms with Gasteiger partial charge < -0.3 is 20.3 Å². The van der Waals surface area contributed by atoms with Gasteiger partial charge in [-0.2, -0.15) is 0 Å². The zero-order valence-corrected chi connectivity index (χ0v) is 13.0. The molecule has 2 heterocycles. The van der Waals surface area contributed by atoms with Gasteiger partial charge in [-0.25, -0.2) is 4.98 Å². The van der Waals surface area contributed by atoms with Gasteiger partial charge in [0.1, 0.15) is 5.75 Å². The van der Waals surface area contributed by atoms with Gasteiger partial charge in [-0.15, -0.1) is 11.3 Å². The Hall–Kier alpha value is -1.79. The largest absolute Gasteiger partial charge is 0.497 e. The second-order valence-electron chi connectivity index (χ2n) is 5.00. The number of ether oxygens (including phenoxy) is 1. The average molecular weight is 304 g/mol. The first kappa shape index (κ1) is 14.2. The molecule has 0 unspecified atom stereocenters. The second-order valence-corrected chi connectivity index (χ2v) is 5.84. The highest BCUT2D eigenvalue weighted by Crippen LogP contribution is 2.25. The zero-order valence-electron chi connectivity index (χ0n) is 12.2. The molecular weight excluding hydrogens is 284 g/mol. The molecule has 6 heteroatoms. The van der Waals surface area contributed by atoms with Crippen molar-refractivity contribution in [2.24, 2.45) is 5.73 Å². The van der Waals surface area contributed by atoms with Crippen molar-refractivity contribution in [2.45, 2.75) is 6.54 Å². The minimum Gasteiger partial charge on any atom is -0.497 e. The molecule has 0 radical (unpaired) electrons. The third-order valence-corrected chi connectivity index (χ3v) is 4.67. The summed E-state index contributed by atoms with van der Waals surface area (Å²) in [5, 5.41) is 3.13. The number of nitrogens with two attached hydrogens (primary N) is 1. The molecule has 2 aromatic rings. The number of rotatable bonds is 4. The normalized spacial score (nSPS) is 15.3. The maximum Gasteiger partial charge on any atom is 0.185 e. The molecular formula is C15H20N4OS. The number of benzene rings is 1. The Kier molecular flexibility index (Phi) is 4.26. The summed E-state index contributed by atoms with van der Waals surface area (Å²) in [5.41, 5.74) is 7.82. The van der Waals surface area contributed by atoms with Gasteiger partial charge in [0.2, 0.25) is 0 Å². The molecule has 1 aliphatic heterocycles. The Bertz CT molecular complexity index is 593. The highest BCUT2D eigenvalue weighted by Gasteiger charge is 2.19. The first-order valence-electron chi connectivity index (χ1n) is 7.08. The molecule has 0 bridgehead atoms. The molecule has 2 N–H and O–H groups in total. The molecule has 21 heavy (non-hydrogen) atoms. The summed E-state index contributed by atoms with van der Waals surface area (Å²) in [6.07, 6.45) is 0. The van der Waals surface area contributed by atoms with Gasteiger partial charge in [0.25, 0.3) is 0 Å². The summed E-state index contributed by atoms with van der Waals surface area (Å²) >= 11 is 1.68. The van der Waals surface area contributed by atoms with E-state index in [9.17, 15) is 0 Å². The minimum absolute atomic E-state index is 0.514. The predicted octanol–water partition coefficient (Wildman–Crippen LogP) is 1.94. The molecule has 1 saturated heterocycles. The van der Waals surface area contributed by atoms with Crippen LogP contribution in [-0.2, 0) is 6.54 Å². The van der Waals surface area contributed by atoms with Crippen LogP contribution in [0.15, 0.2) is 29.6 Å². The maximum absolute atomic E-state index is 5.62. The first-order valence-corrected chi connectivity index (χ1v) is 7.96. The summed E-state index contributed by atoms with van der Waals surface area (Å²) in [7, 11) is 1.70.